The van der Waals surface area contributed by atoms with Gasteiger partial charge in [0.25, 0.3) is 0 Å². The van der Waals surface area contributed by atoms with E-state index in [1.54, 1.807) is 7.11 Å². The van der Waals surface area contributed by atoms with Gasteiger partial charge in [-0.1, -0.05) is 38.8 Å². The van der Waals surface area contributed by atoms with Gasteiger partial charge in [0.05, 0.1) is 7.11 Å². The maximum absolute atomic E-state index is 5.63. The molecular weight excluding hydrogens is 236 g/mol. The first-order valence-corrected chi connectivity index (χ1v) is 7.24. The molecule has 0 aliphatic heterocycles. The number of hydrogen-bond donors (Lipinski definition) is 2. The lowest BCUT2D eigenvalue weighted by Gasteiger charge is -2.16. The van der Waals surface area contributed by atoms with Crippen molar-refractivity contribution in [1.82, 2.24) is 5.43 Å². The second-order valence-corrected chi connectivity index (χ2v) is 5.58. The molecule has 3 nitrogen and oxygen atoms in total. The van der Waals surface area contributed by atoms with Crippen LogP contribution in [0, 0.1) is 5.92 Å². The lowest BCUT2D eigenvalue weighted by molar-refractivity contribution is 0.414. The number of aryl methyl sites for hydroxylation is 1. The topological polar surface area (TPSA) is 47.3 Å². The van der Waals surface area contributed by atoms with Crippen molar-refractivity contribution in [2.45, 2.75) is 52.0 Å². The molecule has 1 atom stereocenters. The Morgan fingerprint density at radius 2 is 1.79 bits per heavy atom. The first-order chi connectivity index (χ1) is 9.15. The summed E-state index contributed by atoms with van der Waals surface area (Å²) in [5.74, 6) is 7.32. The zero-order valence-corrected chi connectivity index (χ0v) is 12.5. The van der Waals surface area contributed by atoms with Crippen molar-refractivity contribution in [3.8, 4) is 5.75 Å². The van der Waals surface area contributed by atoms with Gasteiger partial charge >= 0.3 is 0 Å². The number of hydrazine groups is 1. The Bertz CT molecular complexity index is 335. The summed E-state index contributed by atoms with van der Waals surface area (Å²) < 4.78 is 5.16. The first kappa shape index (κ1) is 16.0. The van der Waals surface area contributed by atoms with E-state index in [2.05, 4.69) is 31.4 Å². The number of benzene rings is 1. The maximum Gasteiger partial charge on any atom is 0.118 e. The van der Waals surface area contributed by atoms with Crippen molar-refractivity contribution in [2.24, 2.45) is 11.8 Å². The average molecular weight is 264 g/mol. The quantitative estimate of drug-likeness (QED) is 0.531. The van der Waals surface area contributed by atoms with Crippen LogP contribution in [0.25, 0.3) is 0 Å². The highest BCUT2D eigenvalue weighted by atomic mass is 16.5. The van der Waals surface area contributed by atoms with Gasteiger partial charge in [-0.15, -0.1) is 0 Å². The fourth-order valence-electron chi connectivity index (χ4n) is 2.22. The van der Waals surface area contributed by atoms with Crippen LogP contribution in [-0.2, 0) is 6.42 Å². The molecule has 3 N–H and O–H groups in total. The molecule has 1 aromatic carbocycles. The van der Waals surface area contributed by atoms with E-state index in [9.17, 15) is 0 Å². The Morgan fingerprint density at radius 1 is 1.11 bits per heavy atom. The molecule has 0 radical (unpaired) electrons. The van der Waals surface area contributed by atoms with Crippen molar-refractivity contribution in [3.63, 3.8) is 0 Å². The van der Waals surface area contributed by atoms with Crippen molar-refractivity contribution in [2.75, 3.05) is 7.11 Å². The van der Waals surface area contributed by atoms with Gasteiger partial charge in [-0.2, -0.15) is 0 Å². The predicted molar refractivity (Wildman–Crippen MR) is 81.1 cm³/mol. The van der Waals surface area contributed by atoms with Crippen molar-refractivity contribution >= 4 is 0 Å². The molecule has 0 spiro atoms. The summed E-state index contributed by atoms with van der Waals surface area (Å²) in [6.07, 6.45) is 5.82. The summed E-state index contributed by atoms with van der Waals surface area (Å²) in [5, 5.41) is 0. The van der Waals surface area contributed by atoms with Gasteiger partial charge in [0.2, 0.25) is 0 Å². The van der Waals surface area contributed by atoms with Crippen LogP contribution in [0.4, 0.5) is 0 Å². The Hall–Kier alpha value is -1.06. The van der Waals surface area contributed by atoms with Gasteiger partial charge in [-0.3, -0.25) is 11.3 Å². The summed E-state index contributed by atoms with van der Waals surface area (Å²) in [6, 6.07) is 8.69. The molecule has 1 unspecified atom stereocenters. The predicted octanol–water partition coefficient (Wildman–Crippen LogP) is 3.29. The van der Waals surface area contributed by atoms with Crippen LogP contribution in [-0.4, -0.2) is 13.2 Å². The van der Waals surface area contributed by atoms with Gasteiger partial charge in [0.15, 0.2) is 0 Å². The van der Waals surface area contributed by atoms with Crippen LogP contribution in [0.2, 0.25) is 0 Å². The van der Waals surface area contributed by atoms with Gasteiger partial charge < -0.3 is 4.74 Å². The van der Waals surface area contributed by atoms with E-state index >= 15 is 0 Å². The van der Waals surface area contributed by atoms with Gasteiger partial charge in [0, 0.05) is 6.04 Å². The number of methoxy groups -OCH3 is 1. The third-order valence-corrected chi connectivity index (χ3v) is 3.51. The van der Waals surface area contributed by atoms with Crippen molar-refractivity contribution < 1.29 is 4.74 Å². The summed E-state index contributed by atoms with van der Waals surface area (Å²) in [6.45, 7) is 4.53. The van der Waals surface area contributed by atoms with E-state index in [-0.39, 0.29) is 0 Å². The van der Waals surface area contributed by atoms with Crippen LogP contribution in [0.3, 0.4) is 0 Å². The van der Waals surface area contributed by atoms with Crippen LogP contribution in [0.5, 0.6) is 5.75 Å². The molecule has 3 heteroatoms. The fourth-order valence-corrected chi connectivity index (χ4v) is 2.22. The molecular formula is C16H28N2O. The summed E-state index contributed by atoms with van der Waals surface area (Å²) in [4.78, 5) is 0. The number of ether oxygens (including phenoxy) is 1. The number of nitrogens with two attached hydrogens (primary N) is 1. The minimum atomic E-state index is 0.417. The second-order valence-electron chi connectivity index (χ2n) is 5.58. The molecule has 1 aromatic rings. The number of hydrogen-bond acceptors (Lipinski definition) is 3. The largest absolute Gasteiger partial charge is 0.497 e. The van der Waals surface area contributed by atoms with E-state index in [4.69, 9.17) is 10.6 Å². The van der Waals surface area contributed by atoms with E-state index in [0.717, 1.165) is 30.9 Å². The van der Waals surface area contributed by atoms with Crippen molar-refractivity contribution in [3.05, 3.63) is 29.8 Å². The van der Waals surface area contributed by atoms with E-state index in [1.807, 2.05) is 12.1 Å². The SMILES string of the molecule is COc1ccc(CCC(CCCC(C)C)NN)cc1. The average Bonchev–Trinajstić information content (AvgIpc) is 2.42. The fraction of sp³-hybridized carbons (Fsp3) is 0.625. The first-order valence-electron chi connectivity index (χ1n) is 7.24. The van der Waals surface area contributed by atoms with Gasteiger partial charge in [-0.05, 0) is 42.9 Å². The standard InChI is InChI=1S/C16H28N2O/c1-13(2)5-4-6-15(18-17)10-7-14-8-11-16(19-3)12-9-14/h8-9,11-13,15,18H,4-7,10,17H2,1-3H3. The highest BCUT2D eigenvalue weighted by Gasteiger charge is 2.07. The lowest BCUT2D eigenvalue weighted by Crippen LogP contribution is -2.35. The van der Waals surface area contributed by atoms with E-state index in [1.165, 1.54) is 18.4 Å². The molecule has 1 rings (SSSR count). The summed E-state index contributed by atoms with van der Waals surface area (Å²) in [7, 11) is 1.69. The zero-order valence-electron chi connectivity index (χ0n) is 12.5. The van der Waals surface area contributed by atoms with E-state index < -0.39 is 0 Å². The molecule has 0 heterocycles. The minimum Gasteiger partial charge on any atom is -0.497 e. The number of nitrogens with one attached hydrogen (secondary N) is 1. The van der Waals surface area contributed by atoms with Crippen LogP contribution < -0.4 is 16.0 Å². The van der Waals surface area contributed by atoms with Gasteiger partial charge in [-0.25, -0.2) is 0 Å². The van der Waals surface area contributed by atoms with Crippen molar-refractivity contribution in [1.29, 1.82) is 0 Å². The lowest BCUT2D eigenvalue weighted by atomic mass is 9.98. The third kappa shape index (κ3) is 6.60. The Kier molecular flexibility index (Phi) is 7.53. The highest BCUT2D eigenvalue weighted by Crippen LogP contribution is 2.15. The Balaban J connectivity index is 2.31. The Labute approximate surface area is 117 Å². The highest BCUT2D eigenvalue weighted by molar-refractivity contribution is 5.27. The van der Waals surface area contributed by atoms with Crippen LogP contribution in [0.15, 0.2) is 24.3 Å². The maximum atomic E-state index is 5.63. The molecule has 0 aromatic heterocycles. The molecule has 0 bridgehead atoms. The third-order valence-electron chi connectivity index (χ3n) is 3.51. The van der Waals surface area contributed by atoms with E-state index in [0.29, 0.717) is 6.04 Å². The number of rotatable bonds is 9. The molecule has 0 fully saturated rings. The molecule has 0 aliphatic carbocycles. The van der Waals surface area contributed by atoms with Gasteiger partial charge in [0.1, 0.15) is 5.75 Å². The van der Waals surface area contributed by atoms with Crippen LogP contribution in [0.1, 0.15) is 45.1 Å². The second kappa shape index (κ2) is 8.94. The zero-order chi connectivity index (χ0) is 14.1. The smallest absolute Gasteiger partial charge is 0.118 e. The summed E-state index contributed by atoms with van der Waals surface area (Å²) >= 11 is 0. The molecule has 0 amide bonds. The summed E-state index contributed by atoms with van der Waals surface area (Å²) in [5.41, 5.74) is 4.28. The molecule has 0 aliphatic rings. The van der Waals surface area contributed by atoms with Crippen LogP contribution >= 0.6 is 0 Å². The molecule has 108 valence electrons. The monoisotopic (exact) mass is 264 g/mol. The molecule has 19 heavy (non-hydrogen) atoms. The minimum absolute atomic E-state index is 0.417. The molecule has 0 saturated heterocycles. The molecule has 0 saturated carbocycles. The Morgan fingerprint density at radius 3 is 2.32 bits per heavy atom. The normalized spacial score (nSPS) is 12.7.